The van der Waals surface area contributed by atoms with Crippen molar-refractivity contribution in [3.05, 3.63) is 77.4 Å². The highest BCUT2D eigenvalue weighted by molar-refractivity contribution is 6.19. The standard InChI is InChI=1S/C22H18N2O/c1-14-6-5-7-15(2)21(14)16-10-11-20-19(12-16)17-8-3-4-9-18(17)22-23-25-13-24(20)22/h3-12H,13H2,1-2H3. The van der Waals surface area contributed by atoms with Gasteiger partial charge in [0.25, 0.3) is 0 Å². The first-order valence-electron chi connectivity index (χ1n) is 8.52. The number of anilines is 1. The second-order valence-electron chi connectivity index (χ2n) is 6.65. The van der Waals surface area contributed by atoms with Crippen LogP contribution in [0.1, 0.15) is 16.7 Å². The minimum atomic E-state index is 0.472. The van der Waals surface area contributed by atoms with Gasteiger partial charge in [0.15, 0.2) is 12.6 Å². The molecule has 122 valence electrons. The smallest absolute Gasteiger partial charge is 0.195 e. The van der Waals surface area contributed by atoms with E-state index in [2.05, 4.69) is 84.6 Å². The summed E-state index contributed by atoms with van der Waals surface area (Å²) in [6, 6.07) is 21.6. The van der Waals surface area contributed by atoms with Gasteiger partial charge in [0.05, 0.1) is 5.69 Å². The van der Waals surface area contributed by atoms with Crippen LogP contribution in [-0.4, -0.2) is 12.6 Å². The lowest BCUT2D eigenvalue weighted by molar-refractivity contribution is 0.174. The Morgan fingerprint density at radius 3 is 2.40 bits per heavy atom. The SMILES string of the molecule is Cc1cccc(C)c1-c1ccc2c(c1)-c1ccccc1C1=NOCN12. The zero-order chi connectivity index (χ0) is 17.0. The van der Waals surface area contributed by atoms with Gasteiger partial charge in [0, 0.05) is 11.1 Å². The largest absolute Gasteiger partial charge is 0.371 e. The van der Waals surface area contributed by atoms with Gasteiger partial charge in [-0.1, -0.05) is 53.7 Å². The molecule has 3 heteroatoms. The molecule has 25 heavy (non-hydrogen) atoms. The van der Waals surface area contributed by atoms with E-state index in [4.69, 9.17) is 4.84 Å². The molecule has 0 spiro atoms. The molecule has 0 bridgehead atoms. The van der Waals surface area contributed by atoms with Crippen molar-refractivity contribution in [2.24, 2.45) is 5.16 Å². The molecule has 0 saturated heterocycles. The van der Waals surface area contributed by atoms with Crippen LogP contribution in [0.5, 0.6) is 0 Å². The van der Waals surface area contributed by atoms with E-state index in [1.54, 1.807) is 0 Å². The average Bonchev–Trinajstić information content (AvgIpc) is 3.12. The zero-order valence-electron chi connectivity index (χ0n) is 14.3. The molecule has 3 aromatic rings. The first kappa shape index (κ1) is 14.3. The number of rotatable bonds is 1. The average molecular weight is 326 g/mol. The monoisotopic (exact) mass is 326 g/mol. The van der Waals surface area contributed by atoms with Crippen LogP contribution in [0.2, 0.25) is 0 Å². The van der Waals surface area contributed by atoms with Crippen molar-refractivity contribution in [1.82, 2.24) is 0 Å². The van der Waals surface area contributed by atoms with Crippen molar-refractivity contribution in [3.8, 4) is 22.3 Å². The Morgan fingerprint density at radius 1 is 0.840 bits per heavy atom. The molecule has 0 radical (unpaired) electrons. The van der Waals surface area contributed by atoms with Gasteiger partial charge in [-0.15, -0.1) is 0 Å². The summed E-state index contributed by atoms with van der Waals surface area (Å²) >= 11 is 0. The van der Waals surface area contributed by atoms with E-state index >= 15 is 0 Å². The molecule has 0 fully saturated rings. The fourth-order valence-electron chi connectivity index (χ4n) is 3.96. The number of hydrogen-bond acceptors (Lipinski definition) is 3. The number of nitrogens with zero attached hydrogens (tertiary/aromatic N) is 2. The van der Waals surface area contributed by atoms with Crippen LogP contribution in [0, 0.1) is 13.8 Å². The third-order valence-corrected chi connectivity index (χ3v) is 5.11. The number of oxime groups is 1. The van der Waals surface area contributed by atoms with E-state index in [0.717, 1.165) is 17.1 Å². The molecule has 0 aliphatic carbocycles. The number of hydrogen-bond donors (Lipinski definition) is 0. The summed E-state index contributed by atoms with van der Waals surface area (Å²) in [5.74, 6) is 0.905. The fraction of sp³-hybridized carbons (Fsp3) is 0.136. The molecule has 0 saturated carbocycles. The first-order valence-corrected chi connectivity index (χ1v) is 8.52. The maximum Gasteiger partial charge on any atom is 0.195 e. The quantitative estimate of drug-likeness (QED) is 0.621. The van der Waals surface area contributed by atoms with Gasteiger partial charge in [-0.05, 0) is 53.8 Å². The summed E-state index contributed by atoms with van der Waals surface area (Å²) in [6.45, 7) is 4.82. The van der Waals surface area contributed by atoms with Crippen LogP contribution < -0.4 is 4.90 Å². The molecule has 5 rings (SSSR count). The van der Waals surface area contributed by atoms with E-state index in [-0.39, 0.29) is 0 Å². The lowest BCUT2D eigenvalue weighted by Gasteiger charge is -2.28. The Hall–Kier alpha value is -3.07. The third-order valence-electron chi connectivity index (χ3n) is 5.11. The number of aryl methyl sites for hydroxylation is 2. The van der Waals surface area contributed by atoms with E-state index in [0.29, 0.717) is 6.73 Å². The van der Waals surface area contributed by atoms with Crippen molar-refractivity contribution in [1.29, 1.82) is 0 Å². The summed E-state index contributed by atoms with van der Waals surface area (Å²) in [5, 5.41) is 4.25. The number of amidine groups is 1. The van der Waals surface area contributed by atoms with Gasteiger partial charge >= 0.3 is 0 Å². The van der Waals surface area contributed by atoms with Gasteiger partial charge in [0.1, 0.15) is 0 Å². The minimum Gasteiger partial charge on any atom is -0.371 e. The molecule has 2 heterocycles. The molecule has 3 nitrogen and oxygen atoms in total. The molecular formula is C22H18N2O. The highest BCUT2D eigenvalue weighted by Crippen LogP contribution is 2.43. The lowest BCUT2D eigenvalue weighted by Crippen LogP contribution is -2.31. The Balaban J connectivity index is 1.77. The summed E-state index contributed by atoms with van der Waals surface area (Å²) in [7, 11) is 0. The van der Waals surface area contributed by atoms with Crippen LogP contribution in [-0.2, 0) is 4.84 Å². The molecule has 0 aromatic heterocycles. The van der Waals surface area contributed by atoms with Crippen molar-refractivity contribution < 1.29 is 4.84 Å². The van der Waals surface area contributed by atoms with Crippen LogP contribution >= 0.6 is 0 Å². The van der Waals surface area contributed by atoms with Crippen molar-refractivity contribution in [2.45, 2.75) is 13.8 Å². The van der Waals surface area contributed by atoms with Gasteiger partial charge in [-0.3, -0.25) is 4.90 Å². The van der Waals surface area contributed by atoms with Gasteiger partial charge in [0.2, 0.25) is 0 Å². The van der Waals surface area contributed by atoms with E-state index in [9.17, 15) is 0 Å². The van der Waals surface area contributed by atoms with Crippen molar-refractivity contribution in [3.63, 3.8) is 0 Å². The summed E-state index contributed by atoms with van der Waals surface area (Å²) in [4.78, 5) is 7.52. The molecule has 0 unspecified atom stereocenters. The van der Waals surface area contributed by atoms with Gasteiger partial charge in [-0.25, -0.2) is 0 Å². The molecule has 0 N–H and O–H groups in total. The van der Waals surface area contributed by atoms with Crippen LogP contribution in [0.4, 0.5) is 5.69 Å². The highest BCUT2D eigenvalue weighted by Gasteiger charge is 2.31. The Labute approximate surface area is 147 Å². The van der Waals surface area contributed by atoms with Crippen LogP contribution in [0.3, 0.4) is 0 Å². The maximum atomic E-state index is 5.37. The zero-order valence-corrected chi connectivity index (χ0v) is 14.3. The van der Waals surface area contributed by atoms with Crippen LogP contribution in [0.25, 0.3) is 22.3 Å². The lowest BCUT2D eigenvalue weighted by atomic mass is 9.88. The van der Waals surface area contributed by atoms with Crippen molar-refractivity contribution in [2.75, 3.05) is 11.6 Å². The normalized spacial score (nSPS) is 14.3. The van der Waals surface area contributed by atoms with E-state index < -0.39 is 0 Å². The molecule has 2 aliphatic heterocycles. The predicted octanol–water partition coefficient (Wildman–Crippen LogP) is 5.11. The van der Waals surface area contributed by atoms with E-state index in [1.165, 1.54) is 33.4 Å². The molecule has 2 aliphatic rings. The van der Waals surface area contributed by atoms with Crippen molar-refractivity contribution >= 4 is 11.5 Å². The fourth-order valence-corrected chi connectivity index (χ4v) is 3.96. The second kappa shape index (κ2) is 5.21. The Bertz CT molecular complexity index is 1020. The van der Waals surface area contributed by atoms with Crippen LogP contribution in [0.15, 0.2) is 65.8 Å². The number of fused-ring (bicyclic) bond motifs is 6. The first-order chi connectivity index (χ1) is 12.2. The highest BCUT2D eigenvalue weighted by atomic mass is 16.7. The molecule has 3 aromatic carbocycles. The Kier molecular flexibility index (Phi) is 2.98. The summed E-state index contributed by atoms with van der Waals surface area (Å²) in [5.41, 5.74) is 9.92. The predicted molar refractivity (Wildman–Crippen MR) is 102 cm³/mol. The number of benzene rings is 3. The van der Waals surface area contributed by atoms with Gasteiger partial charge in [-0.2, -0.15) is 0 Å². The second-order valence-corrected chi connectivity index (χ2v) is 6.65. The third kappa shape index (κ3) is 2.02. The summed E-state index contributed by atoms with van der Waals surface area (Å²) < 4.78 is 0. The maximum absolute atomic E-state index is 5.37. The van der Waals surface area contributed by atoms with Gasteiger partial charge < -0.3 is 4.84 Å². The Morgan fingerprint density at radius 2 is 1.60 bits per heavy atom. The minimum absolute atomic E-state index is 0.472. The summed E-state index contributed by atoms with van der Waals surface area (Å²) in [6.07, 6.45) is 0. The molecule has 0 amide bonds. The molecular weight excluding hydrogens is 308 g/mol. The van der Waals surface area contributed by atoms with E-state index in [1.807, 2.05) is 0 Å². The topological polar surface area (TPSA) is 24.8 Å². The molecule has 0 atom stereocenters.